The van der Waals surface area contributed by atoms with Crippen molar-refractivity contribution in [1.82, 2.24) is 4.90 Å². The maximum atomic E-state index is 14.5. The average Bonchev–Trinajstić information content (AvgIpc) is 2.37. The molecule has 20 heavy (non-hydrogen) atoms. The number of nitrogens with two attached hydrogens (primary N) is 1. The summed E-state index contributed by atoms with van der Waals surface area (Å²) in [5.41, 5.74) is 6.70. The second-order valence-electron chi connectivity index (χ2n) is 4.91. The van der Waals surface area contributed by atoms with Crippen LogP contribution in [-0.2, 0) is 0 Å². The molecule has 0 aromatic heterocycles. The standard InChI is InChI=1S/C14H21BrFN3S/c1-4-7-19(9-8-18(2)3)11-6-5-10(14(17)20)12(15)13(11)16/h5-6H,4,7-9H2,1-3H3,(H2,17,20). The molecule has 0 saturated heterocycles. The van der Waals surface area contributed by atoms with E-state index in [1.54, 1.807) is 12.1 Å². The van der Waals surface area contributed by atoms with Crippen molar-refractivity contribution in [3.8, 4) is 0 Å². The highest BCUT2D eigenvalue weighted by Gasteiger charge is 2.17. The van der Waals surface area contributed by atoms with Crippen molar-refractivity contribution in [3.63, 3.8) is 0 Å². The molecule has 0 heterocycles. The maximum absolute atomic E-state index is 14.5. The van der Waals surface area contributed by atoms with Gasteiger partial charge in [0.25, 0.3) is 0 Å². The molecule has 0 bridgehead atoms. The predicted octanol–water partition coefficient (Wildman–Crippen LogP) is 3.00. The van der Waals surface area contributed by atoms with Crippen LogP contribution in [0.25, 0.3) is 0 Å². The zero-order valence-corrected chi connectivity index (χ0v) is 14.5. The summed E-state index contributed by atoms with van der Waals surface area (Å²) < 4.78 is 14.8. The first-order chi connectivity index (χ1) is 9.38. The summed E-state index contributed by atoms with van der Waals surface area (Å²) >= 11 is 8.17. The van der Waals surface area contributed by atoms with Crippen molar-refractivity contribution < 1.29 is 4.39 Å². The van der Waals surface area contributed by atoms with Gasteiger partial charge in [-0.1, -0.05) is 19.1 Å². The van der Waals surface area contributed by atoms with Crippen LogP contribution in [0.2, 0.25) is 0 Å². The molecule has 0 atom stereocenters. The van der Waals surface area contributed by atoms with E-state index in [-0.39, 0.29) is 10.8 Å². The van der Waals surface area contributed by atoms with Gasteiger partial charge in [-0.05, 0) is 48.6 Å². The summed E-state index contributed by atoms with van der Waals surface area (Å²) in [5, 5.41) is 0. The minimum Gasteiger partial charge on any atom is -0.389 e. The molecular formula is C14H21BrFN3S. The van der Waals surface area contributed by atoms with Crippen LogP contribution >= 0.6 is 28.1 Å². The zero-order valence-electron chi connectivity index (χ0n) is 12.1. The summed E-state index contributed by atoms with van der Waals surface area (Å²) in [4.78, 5) is 4.32. The molecule has 3 nitrogen and oxygen atoms in total. The Morgan fingerprint density at radius 1 is 1.30 bits per heavy atom. The summed E-state index contributed by atoms with van der Waals surface area (Å²) in [6.07, 6.45) is 0.960. The number of anilines is 1. The lowest BCUT2D eigenvalue weighted by atomic mass is 10.1. The Balaban J connectivity index is 3.07. The summed E-state index contributed by atoms with van der Waals surface area (Å²) in [5.74, 6) is -0.303. The molecule has 0 aliphatic carbocycles. The average molecular weight is 362 g/mol. The van der Waals surface area contributed by atoms with E-state index in [1.807, 2.05) is 19.0 Å². The van der Waals surface area contributed by atoms with Gasteiger partial charge in [-0.25, -0.2) is 4.39 Å². The Morgan fingerprint density at radius 3 is 2.45 bits per heavy atom. The number of nitrogens with zero attached hydrogens (tertiary/aromatic N) is 2. The fourth-order valence-corrected chi connectivity index (χ4v) is 2.77. The highest BCUT2D eigenvalue weighted by molar-refractivity contribution is 9.10. The second-order valence-corrected chi connectivity index (χ2v) is 6.15. The van der Waals surface area contributed by atoms with Gasteiger partial charge in [0.05, 0.1) is 10.2 Å². The van der Waals surface area contributed by atoms with Gasteiger partial charge in [-0.2, -0.15) is 0 Å². The number of hydrogen-bond acceptors (Lipinski definition) is 3. The van der Waals surface area contributed by atoms with Crippen molar-refractivity contribution in [2.75, 3.05) is 38.6 Å². The third kappa shape index (κ3) is 4.40. The van der Waals surface area contributed by atoms with Crippen molar-refractivity contribution >= 4 is 38.8 Å². The molecule has 0 amide bonds. The molecule has 0 aliphatic heterocycles. The molecule has 0 unspecified atom stereocenters. The molecule has 0 radical (unpaired) electrons. The van der Waals surface area contributed by atoms with Gasteiger partial charge in [0, 0.05) is 25.2 Å². The number of hydrogen-bond donors (Lipinski definition) is 1. The first-order valence-corrected chi connectivity index (χ1v) is 7.76. The first kappa shape index (κ1) is 17.3. The normalized spacial score (nSPS) is 10.9. The van der Waals surface area contributed by atoms with Crippen LogP contribution in [0.3, 0.4) is 0 Å². The minimum atomic E-state index is -0.303. The van der Waals surface area contributed by atoms with Crippen molar-refractivity contribution in [2.45, 2.75) is 13.3 Å². The number of thiocarbonyl (C=S) groups is 1. The van der Waals surface area contributed by atoms with E-state index in [9.17, 15) is 4.39 Å². The Hall–Kier alpha value is -0.720. The smallest absolute Gasteiger partial charge is 0.161 e. The van der Waals surface area contributed by atoms with Gasteiger partial charge in [0.2, 0.25) is 0 Å². The van der Waals surface area contributed by atoms with Crippen molar-refractivity contribution in [2.24, 2.45) is 5.73 Å². The molecule has 0 saturated carbocycles. The van der Waals surface area contributed by atoms with E-state index < -0.39 is 0 Å². The SMILES string of the molecule is CCCN(CCN(C)C)c1ccc(C(N)=S)c(Br)c1F. The second kappa shape index (κ2) is 7.90. The fourth-order valence-electron chi connectivity index (χ4n) is 1.92. The largest absolute Gasteiger partial charge is 0.389 e. The van der Waals surface area contributed by atoms with E-state index in [0.29, 0.717) is 15.7 Å². The molecule has 0 fully saturated rings. The molecular weight excluding hydrogens is 341 g/mol. The molecule has 6 heteroatoms. The Bertz CT molecular complexity index is 480. The summed E-state index contributed by atoms with van der Waals surface area (Å²) in [6, 6.07) is 3.52. The molecule has 0 aliphatic rings. The first-order valence-electron chi connectivity index (χ1n) is 6.56. The third-order valence-electron chi connectivity index (χ3n) is 2.98. The van der Waals surface area contributed by atoms with Crippen LogP contribution in [0.4, 0.5) is 10.1 Å². The lowest BCUT2D eigenvalue weighted by Crippen LogP contribution is -2.33. The quantitative estimate of drug-likeness (QED) is 0.756. The topological polar surface area (TPSA) is 32.5 Å². The van der Waals surface area contributed by atoms with E-state index in [1.165, 1.54) is 0 Å². The van der Waals surface area contributed by atoms with Gasteiger partial charge in [-0.3, -0.25) is 0 Å². The van der Waals surface area contributed by atoms with Crippen LogP contribution in [-0.4, -0.2) is 43.6 Å². The molecule has 1 rings (SSSR count). The fraction of sp³-hybridized carbons (Fsp3) is 0.500. The van der Waals surface area contributed by atoms with Gasteiger partial charge in [-0.15, -0.1) is 0 Å². The van der Waals surface area contributed by atoms with Gasteiger partial charge in [0.1, 0.15) is 4.99 Å². The number of likely N-dealkylation sites (N-methyl/N-ethyl adjacent to an activating group) is 1. The van der Waals surface area contributed by atoms with E-state index in [2.05, 4.69) is 27.8 Å². The lowest BCUT2D eigenvalue weighted by molar-refractivity contribution is 0.412. The maximum Gasteiger partial charge on any atom is 0.161 e. The predicted molar refractivity (Wildman–Crippen MR) is 91.0 cm³/mol. The van der Waals surface area contributed by atoms with Gasteiger partial charge < -0.3 is 15.5 Å². The van der Waals surface area contributed by atoms with Crippen LogP contribution < -0.4 is 10.6 Å². The molecule has 2 N–H and O–H groups in total. The summed E-state index contributed by atoms with van der Waals surface area (Å²) in [6.45, 7) is 4.54. The van der Waals surface area contributed by atoms with Crippen LogP contribution in [0.5, 0.6) is 0 Å². The minimum absolute atomic E-state index is 0.192. The van der Waals surface area contributed by atoms with E-state index in [0.717, 1.165) is 26.1 Å². The number of benzene rings is 1. The van der Waals surface area contributed by atoms with Crippen LogP contribution in [0, 0.1) is 5.82 Å². The van der Waals surface area contributed by atoms with Crippen LogP contribution in [0.15, 0.2) is 16.6 Å². The molecule has 1 aromatic carbocycles. The monoisotopic (exact) mass is 361 g/mol. The Kier molecular flexibility index (Phi) is 6.85. The number of rotatable bonds is 7. The van der Waals surface area contributed by atoms with E-state index >= 15 is 0 Å². The van der Waals surface area contributed by atoms with Crippen molar-refractivity contribution in [1.29, 1.82) is 0 Å². The van der Waals surface area contributed by atoms with Crippen molar-refractivity contribution in [3.05, 3.63) is 28.0 Å². The Labute approximate surface area is 134 Å². The van der Waals surface area contributed by atoms with E-state index in [4.69, 9.17) is 18.0 Å². The van der Waals surface area contributed by atoms with Gasteiger partial charge >= 0.3 is 0 Å². The lowest BCUT2D eigenvalue weighted by Gasteiger charge is -2.27. The summed E-state index contributed by atoms with van der Waals surface area (Å²) in [7, 11) is 4.01. The highest BCUT2D eigenvalue weighted by atomic mass is 79.9. The van der Waals surface area contributed by atoms with Gasteiger partial charge in [0.15, 0.2) is 5.82 Å². The van der Waals surface area contributed by atoms with Crippen LogP contribution in [0.1, 0.15) is 18.9 Å². The molecule has 0 spiro atoms. The zero-order chi connectivity index (χ0) is 15.3. The number of halogens is 2. The molecule has 1 aromatic rings. The highest BCUT2D eigenvalue weighted by Crippen LogP contribution is 2.29. The third-order valence-corrected chi connectivity index (χ3v) is 3.97. The molecule has 112 valence electrons. The Morgan fingerprint density at radius 2 is 1.95 bits per heavy atom.